The molecule has 154 valence electrons. The summed E-state index contributed by atoms with van der Waals surface area (Å²) in [7, 11) is 0. The molecule has 0 amide bonds. The maximum absolute atomic E-state index is 11.8. The molecule has 0 aliphatic rings. The number of nitrogens with zero attached hydrogens (tertiary/aromatic N) is 1. The summed E-state index contributed by atoms with van der Waals surface area (Å²) in [5.74, 6) is 0.157. The highest BCUT2D eigenvalue weighted by molar-refractivity contribution is 7.17. The summed E-state index contributed by atoms with van der Waals surface area (Å²) >= 11 is 7.57. The molecule has 1 N–H and O–H groups in total. The van der Waals surface area contributed by atoms with Crippen molar-refractivity contribution in [1.82, 2.24) is 4.98 Å². The minimum Gasteiger partial charge on any atom is -0.392 e. The van der Waals surface area contributed by atoms with Crippen LogP contribution in [0.5, 0.6) is 0 Å². The summed E-state index contributed by atoms with van der Waals surface area (Å²) in [6, 6.07) is 9.88. The summed E-state index contributed by atoms with van der Waals surface area (Å²) in [5, 5.41) is 10.4. The van der Waals surface area contributed by atoms with E-state index < -0.39 is 0 Å². The SMILES string of the molecule is CCCC(=O)c1cnc(-c2cc(C)ccc2Cl)s1.Cc1cc(CO)cc(C)c1C. The van der Waals surface area contributed by atoms with Crippen LogP contribution in [0.15, 0.2) is 36.5 Å². The standard InChI is InChI=1S/C14H14ClNOS.C10H14O/c1-3-4-12(17)13-8-16-14(18-13)10-7-9(2)5-6-11(10)15;1-7-4-10(6-11)5-8(2)9(7)3/h5-8H,3-4H2,1-2H3;4-5,11H,6H2,1-3H3. The predicted molar refractivity (Wildman–Crippen MR) is 123 cm³/mol. The highest BCUT2D eigenvalue weighted by Gasteiger charge is 2.13. The maximum Gasteiger partial charge on any atom is 0.174 e. The summed E-state index contributed by atoms with van der Waals surface area (Å²) < 4.78 is 0. The van der Waals surface area contributed by atoms with Gasteiger partial charge in [0.1, 0.15) is 5.01 Å². The first-order valence-electron chi connectivity index (χ1n) is 9.70. The van der Waals surface area contributed by atoms with Crippen LogP contribution in [-0.4, -0.2) is 15.9 Å². The lowest BCUT2D eigenvalue weighted by molar-refractivity contribution is 0.0985. The Labute approximate surface area is 182 Å². The molecule has 0 unspecified atom stereocenters. The molecule has 2 aromatic carbocycles. The first-order chi connectivity index (χ1) is 13.8. The van der Waals surface area contributed by atoms with Crippen LogP contribution < -0.4 is 0 Å². The third-order valence-corrected chi connectivity index (χ3v) is 6.18. The zero-order chi connectivity index (χ0) is 21.6. The number of benzene rings is 2. The minimum absolute atomic E-state index is 0.141. The molecule has 0 fully saturated rings. The molecule has 0 aliphatic carbocycles. The Bertz CT molecular complexity index is 971. The molecule has 1 heterocycles. The van der Waals surface area contributed by atoms with Crippen LogP contribution >= 0.6 is 22.9 Å². The fourth-order valence-electron chi connectivity index (χ4n) is 2.90. The third kappa shape index (κ3) is 6.23. The number of hydrogen-bond donors (Lipinski definition) is 1. The molecular weight excluding hydrogens is 402 g/mol. The molecule has 3 nitrogen and oxygen atoms in total. The highest BCUT2D eigenvalue weighted by Crippen LogP contribution is 2.32. The maximum atomic E-state index is 11.8. The molecule has 0 bridgehead atoms. The van der Waals surface area contributed by atoms with Crippen LogP contribution in [0.2, 0.25) is 5.02 Å². The Morgan fingerprint density at radius 1 is 1.10 bits per heavy atom. The number of halogens is 1. The molecule has 5 heteroatoms. The van der Waals surface area contributed by atoms with Crippen molar-refractivity contribution in [3.05, 3.63) is 74.2 Å². The molecular formula is C24H28ClNO2S. The van der Waals surface area contributed by atoms with Crippen molar-refractivity contribution in [2.24, 2.45) is 0 Å². The average molecular weight is 430 g/mol. The lowest BCUT2D eigenvalue weighted by atomic mass is 10.0. The molecule has 0 spiro atoms. The Morgan fingerprint density at radius 2 is 1.76 bits per heavy atom. The summed E-state index contributed by atoms with van der Waals surface area (Å²) in [5.41, 5.74) is 6.87. The van der Waals surface area contributed by atoms with E-state index in [1.54, 1.807) is 6.20 Å². The lowest BCUT2D eigenvalue weighted by Gasteiger charge is -2.06. The van der Waals surface area contributed by atoms with E-state index >= 15 is 0 Å². The van der Waals surface area contributed by atoms with Gasteiger partial charge < -0.3 is 5.11 Å². The number of thiazole rings is 1. The predicted octanol–water partition coefficient (Wildman–Crippen LogP) is 6.86. The Kier molecular flexibility index (Phi) is 8.57. The van der Waals surface area contributed by atoms with Crippen LogP contribution in [0.4, 0.5) is 0 Å². The third-order valence-electron chi connectivity index (χ3n) is 4.78. The van der Waals surface area contributed by atoms with Crippen molar-refractivity contribution in [2.75, 3.05) is 0 Å². The molecule has 0 saturated heterocycles. The van der Waals surface area contributed by atoms with Gasteiger partial charge in [0.25, 0.3) is 0 Å². The van der Waals surface area contributed by atoms with Gasteiger partial charge in [-0.25, -0.2) is 4.98 Å². The normalized spacial score (nSPS) is 10.4. The van der Waals surface area contributed by atoms with E-state index in [9.17, 15) is 4.79 Å². The Balaban J connectivity index is 0.000000234. The zero-order valence-electron chi connectivity index (χ0n) is 17.7. The lowest BCUT2D eigenvalue weighted by Crippen LogP contribution is -1.93. The number of aliphatic hydroxyl groups excluding tert-OH is 1. The first-order valence-corrected chi connectivity index (χ1v) is 10.9. The van der Waals surface area contributed by atoms with Crippen LogP contribution in [0.1, 0.15) is 57.3 Å². The van der Waals surface area contributed by atoms with Gasteiger partial charge in [0, 0.05) is 18.2 Å². The summed E-state index contributed by atoms with van der Waals surface area (Å²) in [4.78, 5) is 16.8. The van der Waals surface area contributed by atoms with Gasteiger partial charge in [0.2, 0.25) is 0 Å². The van der Waals surface area contributed by atoms with E-state index in [0.29, 0.717) is 16.3 Å². The summed E-state index contributed by atoms with van der Waals surface area (Å²) in [6.07, 6.45) is 3.08. The number of ketones is 1. The second-order valence-electron chi connectivity index (χ2n) is 7.20. The quantitative estimate of drug-likeness (QED) is 0.450. The molecule has 0 aliphatic heterocycles. The Hall–Kier alpha value is -2.01. The van der Waals surface area contributed by atoms with E-state index in [1.807, 2.05) is 44.2 Å². The van der Waals surface area contributed by atoms with Gasteiger partial charge in [-0.15, -0.1) is 11.3 Å². The molecule has 3 aromatic rings. The van der Waals surface area contributed by atoms with Crippen LogP contribution in [0.3, 0.4) is 0 Å². The number of carbonyl (C=O) groups excluding carboxylic acids is 1. The largest absolute Gasteiger partial charge is 0.392 e. The van der Waals surface area contributed by atoms with Gasteiger partial charge in [0.05, 0.1) is 16.5 Å². The first kappa shape index (κ1) is 23.3. The number of hydrogen-bond acceptors (Lipinski definition) is 4. The van der Waals surface area contributed by atoms with Gasteiger partial charge >= 0.3 is 0 Å². The molecule has 0 saturated carbocycles. The van der Waals surface area contributed by atoms with Crippen molar-refractivity contribution in [3.63, 3.8) is 0 Å². The van der Waals surface area contributed by atoms with Gasteiger partial charge in [-0.3, -0.25) is 4.79 Å². The van der Waals surface area contributed by atoms with E-state index in [1.165, 1.54) is 28.0 Å². The van der Waals surface area contributed by atoms with Crippen molar-refractivity contribution >= 4 is 28.7 Å². The second-order valence-corrected chi connectivity index (χ2v) is 8.64. The average Bonchev–Trinajstić information content (AvgIpc) is 3.18. The summed E-state index contributed by atoms with van der Waals surface area (Å²) in [6.45, 7) is 10.4. The van der Waals surface area contributed by atoms with E-state index in [-0.39, 0.29) is 12.4 Å². The van der Waals surface area contributed by atoms with Crippen LogP contribution in [0.25, 0.3) is 10.6 Å². The Morgan fingerprint density at radius 3 is 2.34 bits per heavy atom. The minimum atomic E-state index is 0.141. The van der Waals surface area contributed by atoms with Crippen molar-refractivity contribution in [2.45, 2.75) is 54.1 Å². The molecule has 0 radical (unpaired) electrons. The van der Waals surface area contributed by atoms with E-state index in [4.69, 9.17) is 16.7 Å². The van der Waals surface area contributed by atoms with Crippen molar-refractivity contribution in [1.29, 1.82) is 0 Å². The van der Waals surface area contributed by atoms with Crippen molar-refractivity contribution < 1.29 is 9.90 Å². The number of aliphatic hydroxyl groups is 1. The van der Waals surface area contributed by atoms with Crippen LogP contribution in [0, 0.1) is 27.7 Å². The van der Waals surface area contributed by atoms with E-state index in [0.717, 1.165) is 28.1 Å². The zero-order valence-corrected chi connectivity index (χ0v) is 19.2. The fourth-order valence-corrected chi connectivity index (χ4v) is 4.07. The van der Waals surface area contributed by atoms with Gasteiger partial charge in [-0.1, -0.05) is 42.3 Å². The van der Waals surface area contributed by atoms with Gasteiger partial charge in [-0.05, 0) is 68.5 Å². The van der Waals surface area contributed by atoms with Gasteiger partial charge in [-0.2, -0.15) is 0 Å². The highest BCUT2D eigenvalue weighted by atomic mass is 35.5. The monoisotopic (exact) mass is 429 g/mol. The van der Waals surface area contributed by atoms with Gasteiger partial charge in [0.15, 0.2) is 5.78 Å². The fraction of sp³-hybridized carbons (Fsp3) is 0.333. The van der Waals surface area contributed by atoms with E-state index in [2.05, 4.69) is 25.8 Å². The number of rotatable bonds is 5. The number of Topliss-reactive ketones (excluding diaryl/α,β-unsaturated/α-hetero) is 1. The second kappa shape index (κ2) is 10.7. The molecule has 29 heavy (non-hydrogen) atoms. The number of aryl methyl sites for hydroxylation is 3. The smallest absolute Gasteiger partial charge is 0.174 e. The number of aromatic nitrogens is 1. The molecule has 0 atom stereocenters. The van der Waals surface area contributed by atoms with Crippen molar-refractivity contribution in [3.8, 4) is 10.6 Å². The number of carbonyl (C=O) groups is 1. The molecule has 3 rings (SSSR count). The van der Waals surface area contributed by atoms with Crippen LogP contribution in [-0.2, 0) is 6.61 Å². The topological polar surface area (TPSA) is 50.2 Å². The molecule has 1 aromatic heterocycles.